The fourth-order valence-electron chi connectivity index (χ4n) is 2.81. The molecule has 1 aromatic carbocycles. The van der Waals surface area contributed by atoms with Gasteiger partial charge in [-0.1, -0.05) is 24.3 Å². The van der Waals surface area contributed by atoms with E-state index < -0.39 is 15.9 Å². The second-order valence-corrected chi connectivity index (χ2v) is 8.55. The van der Waals surface area contributed by atoms with Crippen LogP contribution in [0.4, 0.5) is 5.82 Å². The Morgan fingerprint density at radius 2 is 1.92 bits per heavy atom. The lowest BCUT2D eigenvalue weighted by atomic mass is 10.2. The van der Waals surface area contributed by atoms with Crippen LogP contribution in [0.5, 0.6) is 0 Å². The molecule has 2 N–H and O–H groups in total. The number of hydrogen-bond donors (Lipinski definition) is 2. The lowest BCUT2D eigenvalue weighted by molar-refractivity contribution is -0.113. The monoisotopic (exact) mass is 387 g/mol. The number of carbonyl (C=O) groups is 1. The molecule has 0 unspecified atom stereocenters. The van der Waals surface area contributed by atoms with Crippen LogP contribution < -0.4 is 5.32 Å². The zero-order chi connectivity index (χ0) is 18.5. The Hall–Kier alpha value is -2.91. The molecule has 132 valence electrons. The first-order valence-corrected chi connectivity index (χ1v) is 9.83. The highest BCUT2D eigenvalue weighted by Crippen LogP contribution is 2.44. The van der Waals surface area contributed by atoms with Gasteiger partial charge in [0.05, 0.1) is 4.88 Å². The van der Waals surface area contributed by atoms with Gasteiger partial charge in [0.15, 0.2) is 11.5 Å². The van der Waals surface area contributed by atoms with E-state index in [0.29, 0.717) is 10.1 Å². The summed E-state index contributed by atoms with van der Waals surface area (Å²) in [5.41, 5.74) is -0.338. The zero-order valence-corrected chi connectivity index (χ0v) is 15.1. The van der Waals surface area contributed by atoms with Crippen molar-refractivity contribution in [3.63, 3.8) is 0 Å². The number of hydrogen-bond acceptors (Lipinski definition) is 6. The molecule has 26 heavy (non-hydrogen) atoms. The maximum atomic E-state index is 13.0. The number of benzene rings is 1. The number of fused-ring (bicyclic) bond motifs is 3. The number of nitrogens with one attached hydrogen (secondary N) is 1. The van der Waals surface area contributed by atoms with E-state index in [0.717, 1.165) is 15.6 Å². The number of aliphatic hydroxyl groups excluding tert-OH is 1. The topological polar surface area (TPSA) is 99.6 Å². The highest BCUT2D eigenvalue weighted by molar-refractivity contribution is 7.89. The van der Waals surface area contributed by atoms with Crippen LogP contribution in [0, 0.1) is 0 Å². The molecule has 7 nitrogen and oxygen atoms in total. The molecule has 0 aliphatic carbocycles. The number of sulfonamides is 1. The number of thiophene rings is 1. The Kier molecular flexibility index (Phi) is 3.70. The highest BCUT2D eigenvalue weighted by atomic mass is 32.2. The molecule has 1 aliphatic rings. The summed E-state index contributed by atoms with van der Waals surface area (Å²) in [4.78, 5) is 16.8. The minimum Gasteiger partial charge on any atom is -0.504 e. The molecule has 0 saturated carbocycles. The number of aromatic nitrogens is 1. The van der Waals surface area contributed by atoms with Gasteiger partial charge in [-0.05, 0) is 18.2 Å². The number of rotatable bonds is 2. The van der Waals surface area contributed by atoms with Crippen LogP contribution in [0.2, 0.25) is 0 Å². The van der Waals surface area contributed by atoms with E-state index >= 15 is 0 Å². The van der Waals surface area contributed by atoms with Crippen molar-refractivity contribution in [1.82, 2.24) is 9.29 Å². The predicted molar refractivity (Wildman–Crippen MR) is 99.2 cm³/mol. The van der Waals surface area contributed by atoms with Gasteiger partial charge in [0.1, 0.15) is 10.7 Å². The third kappa shape index (κ3) is 2.36. The van der Waals surface area contributed by atoms with E-state index in [1.807, 2.05) is 0 Å². The number of aliphatic hydroxyl groups is 1. The summed E-state index contributed by atoms with van der Waals surface area (Å²) in [7, 11) is -2.73. The summed E-state index contributed by atoms with van der Waals surface area (Å²) in [6, 6.07) is 11.9. The summed E-state index contributed by atoms with van der Waals surface area (Å²) in [6.45, 7) is 0. The number of anilines is 1. The summed E-state index contributed by atoms with van der Waals surface area (Å²) in [5, 5.41) is 13.7. The van der Waals surface area contributed by atoms with Gasteiger partial charge < -0.3 is 10.4 Å². The number of pyridine rings is 1. The first-order chi connectivity index (χ1) is 12.4. The van der Waals surface area contributed by atoms with Crippen molar-refractivity contribution in [2.45, 2.75) is 4.90 Å². The average molecular weight is 387 g/mol. The van der Waals surface area contributed by atoms with E-state index in [2.05, 4.69) is 10.3 Å². The van der Waals surface area contributed by atoms with Gasteiger partial charge in [0.2, 0.25) is 0 Å². The Morgan fingerprint density at radius 3 is 2.65 bits per heavy atom. The van der Waals surface area contributed by atoms with Crippen molar-refractivity contribution in [3.05, 3.63) is 59.2 Å². The van der Waals surface area contributed by atoms with Gasteiger partial charge in [-0.15, -0.1) is 11.3 Å². The van der Waals surface area contributed by atoms with Crippen molar-refractivity contribution >= 4 is 48.9 Å². The zero-order valence-electron chi connectivity index (χ0n) is 13.5. The second kappa shape index (κ2) is 5.82. The van der Waals surface area contributed by atoms with Crippen LogP contribution >= 0.6 is 11.3 Å². The first-order valence-electron chi connectivity index (χ1n) is 7.57. The Morgan fingerprint density at radius 1 is 1.19 bits per heavy atom. The lowest BCUT2D eigenvalue weighted by Gasteiger charge is -2.26. The number of amides is 1. The van der Waals surface area contributed by atoms with Crippen molar-refractivity contribution in [2.24, 2.45) is 0 Å². The maximum Gasteiger partial charge on any atom is 0.278 e. The smallest absolute Gasteiger partial charge is 0.278 e. The fourth-order valence-corrected chi connectivity index (χ4v) is 5.83. The van der Waals surface area contributed by atoms with Gasteiger partial charge in [0.25, 0.3) is 15.9 Å². The normalized spacial score (nSPS) is 15.8. The molecule has 3 aromatic rings. The molecule has 4 rings (SSSR count). The molecule has 0 radical (unpaired) electrons. The van der Waals surface area contributed by atoms with Gasteiger partial charge in [-0.2, -0.15) is 0 Å². The van der Waals surface area contributed by atoms with Crippen LogP contribution in [-0.2, 0) is 14.8 Å². The molecule has 0 bridgehead atoms. The van der Waals surface area contributed by atoms with Crippen LogP contribution in [0.15, 0.2) is 59.3 Å². The summed E-state index contributed by atoms with van der Waals surface area (Å²) >= 11 is 1.13. The van der Waals surface area contributed by atoms with E-state index in [1.165, 1.54) is 13.2 Å². The molecule has 1 amide bonds. The molecule has 3 heterocycles. The third-order valence-corrected chi connectivity index (χ3v) is 7.19. The van der Waals surface area contributed by atoms with Crippen LogP contribution in [-0.4, -0.2) is 35.8 Å². The van der Waals surface area contributed by atoms with E-state index in [4.69, 9.17) is 0 Å². The quantitative estimate of drug-likeness (QED) is 0.704. The SMILES string of the molecule is CN1C(C(=O)Nc2ccccn2)=C(O)c2sc3ccccc3c2S1(=O)=O. The van der Waals surface area contributed by atoms with Crippen molar-refractivity contribution in [1.29, 1.82) is 0 Å². The Bertz CT molecular complexity index is 1170. The van der Waals surface area contributed by atoms with Gasteiger partial charge in [-0.25, -0.2) is 13.4 Å². The lowest BCUT2D eigenvalue weighted by Crippen LogP contribution is -2.36. The predicted octanol–water partition coefficient (Wildman–Crippen LogP) is 2.80. The number of carbonyl (C=O) groups excluding carboxylic acids is 1. The summed E-state index contributed by atoms with van der Waals surface area (Å²) in [5.74, 6) is -0.868. The average Bonchev–Trinajstić information content (AvgIpc) is 3.02. The third-order valence-electron chi connectivity index (χ3n) is 4.04. The van der Waals surface area contributed by atoms with Crippen molar-refractivity contribution in [3.8, 4) is 0 Å². The number of likely N-dealkylation sites (N-methyl/N-ethyl adjacent to an activating group) is 1. The first kappa shape index (κ1) is 16.6. The van der Waals surface area contributed by atoms with Crippen molar-refractivity contribution in [2.75, 3.05) is 12.4 Å². The largest absolute Gasteiger partial charge is 0.504 e. The molecule has 0 spiro atoms. The van der Waals surface area contributed by atoms with Crippen LogP contribution in [0.1, 0.15) is 4.88 Å². The molecular formula is C17H13N3O4S2. The van der Waals surface area contributed by atoms with E-state index in [9.17, 15) is 18.3 Å². The van der Waals surface area contributed by atoms with Crippen LogP contribution in [0.25, 0.3) is 15.8 Å². The maximum absolute atomic E-state index is 13.0. The summed E-state index contributed by atoms with van der Waals surface area (Å²) in [6.07, 6.45) is 1.50. The summed E-state index contributed by atoms with van der Waals surface area (Å²) < 4.78 is 27.5. The second-order valence-electron chi connectivity index (χ2n) is 5.60. The molecule has 0 saturated heterocycles. The van der Waals surface area contributed by atoms with Gasteiger partial charge >= 0.3 is 0 Å². The fraction of sp³-hybridized carbons (Fsp3) is 0.0588. The van der Waals surface area contributed by atoms with Crippen LogP contribution in [0.3, 0.4) is 0 Å². The minimum atomic E-state index is -3.98. The molecule has 0 atom stereocenters. The van der Waals surface area contributed by atoms with Gasteiger partial charge in [-0.3, -0.25) is 9.10 Å². The number of nitrogens with zero attached hydrogens (tertiary/aromatic N) is 2. The van der Waals surface area contributed by atoms with E-state index in [1.54, 1.807) is 42.5 Å². The molecule has 9 heteroatoms. The molecular weight excluding hydrogens is 374 g/mol. The Balaban J connectivity index is 1.90. The molecule has 2 aromatic heterocycles. The Labute approximate surface area is 153 Å². The molecule has 0 fully saturated rings. The standard InChI is InChI=1S/C17H13N3O4S2/c1-20-13(17(22)19-12-8-4-5-9-18-12)14(21)15-16(26(20,23)24)10-6-2-3-7-11(10)25-15/h2-9,21H,1H3,(H,18,19,22). The highest BCUT2D eigenvalue weighted by Gasteiger charge is 2.40. The van der Waals surface area contributed by atoms with Crippen molar-refractivity contribution < 1.29 is 18.3 Å². The molecule has 1 aliphatic heterocycles. The van der Waals surface area contributed by atoms with E-state index in [-0.39, 0.29) is 27.0 Å². The van der Waals surface area contributed by atoms with Gasteiger partial charge in [0, 0.05) is 23.3 Å². The minimum absolute atomic E-state index is 0.0208.